The van der Waals surface area contributed by atoms with Crippen molar-refractivity contribution in [2.45, 2.75) is 27.3 Å². The Kier molecular flexibility index (Phi) is 4.85. The smallest absolute Gasteiger partial charge is 0.340 e. The van der Waals surface area contributed by atoms with Gasteiger partial charge in [-0.15, -0.1) is 11.3 Å². The van der Waals surface area contributed by atoms with E-state index in [-0.39, 0.29) is 5.97 Å². The molecule has 0 spiro atoms. The van der Waals surface area contributed by atoms with Crippen molar-refractivity contribution < 1.29 is 9.53 Å². The summed E-state index contributed by atoms with van der Waals surface area (Å²) in [5.41, 5.74) is 8.81. The molecule has 21 heavy (non-hydrogen) atoms. The number of aryl methyl sites for hydroxylation is 2. The lowest BCUT2D eigenvalue weighted by Gasteiger charge is -2.11. The predicted molar refractivity (Wildman–Crippen MR) is 87.9 cm³/mol. The largest absolute Gasteiger partial charge is 0.462 e. The van der Waals surface area contributed by atoms with E-state index >= 15 is 0 Å². The van der Waals surface area contributed by atoms with Crippen LogP contribution in [0.25, 0.3) is 0 Å². The first-order chi connectivity index (χ1) is 10.0. The van der Waals surface area contributed by atoms with Crippen LogP contribution in [0.1, 0.15) is 32.6 Å². The second kappa shape index (κ2) is 6.63. The molecule has 0 saturated heterocycles. The van der Waals surface area contributed by atoms with Gasteiger partial charge in [0.05, 0.1) is 12.2 Å². The van der Waals surface area contributed by atoms with Gasteiger partial charge in [0.15, 0.2) is 0 Å². The van der Waals surface area contributed by atoms with Gasteiger partial charge >= 0.3 is 5.97 Å². The van der Waals surface area contributed by atoms with Crippen LogP contribution in [0, 0.1) is 13.8 Å². The van der Waals surface area contributed by atoms with Crippen molar-refractivity contribution in [2.24, 2.45) is 0 Å². The minimum atomic E-state index is -0.356. The van der Waals surface area contributed by atoms with Gasteiger partial charge in [0.2, 0.25) is 0 Å². The predicted octanol–water partition coefficient (Wildman–Crippen LogP) is 3.74. The summed E-state index contributed by atoms with van der Waals surface area (Å²) in [4.78, 5) is 14.5. The molecule has 1 aromatic carbocycles. The number of carbonyl (C=O) groups is 1. The molecule has 2 aromatic rings. The Hall–Kier alpha value is -2.01. The topological polar surface area (TPSA) is 64.3 Å². The maximum Gasteiger partial charge on any atom is 0.340 e. The Morgan fingerprint density at radius 2 is 2.10 bits per heavy atom. The third kappa shape index (κ3) is 3.76. The maximum absolute atomic E-state index is 12.0. The van der Waals surface area contributed by atoms with E-state index in [0.29, 0.717) is 24.4 Å². The van der Waals surface area contributed by atoms with Crippen LogP contribution in [0.15, 0.2) is 24.3 Å². The number of carbonyl (C=O) groups excluding carboxylic acids is 1. The van der Waals surface area contributed by atoms with E-state index in [1.807, 2.05) is 6.07 Å². The molecule has 0 unspecified atom stereocenters. The fraction of sp³-hybridized carbons (Fsp3) is 0.312. The average Bonchev–Trinajstić information content (AvgIpc) is 2.76. The summed E-state index contributed by atoms with van der Waals surface area (Å²) in [6, 6.07) is 7.39. The van der Waals surface area contributed by atoms with Crippen LogP contribution in [0.2, 0.25) is 0 Å². The van der Waals surface area contributed by atoms with Gasteiger partial charge in [-0.05, 0) is 50.6 Å². The number of nitrogens with two attached hydrogens (primary N) is 1. The fourth-order valence-corrected chi connectivity index (χ4v) is 3.01. The van der Waals surface area contributed by atoms with E-state index in [0.717, 1.165) is 5.69 Å². The number of benzene rings is 1. The summed E-state index contributed by atoms with van der Waals surface area (Å²) in [5.74, 6) is -0.356. The SMILES string of the molecule is CCOC(=O)c1cc(N)ccc1NCc1cc(C)c(C)s1. The monoisotopic (exact) mass is 304 g/mol. The molecule has 2 rings (SSSR count). The van der Waals surface area contributed by atoms with Crippen LogP contribution in [-0.2, 0) is 11.3 Å². The van der Waals surface area contributed by atoms with Crippen LogP contribution in [0.5, 0.6) is 0 Å². The molecule has 1 aromatic heterocycles. The number of anilines is 2. The van der Waals surface area contributed by atoms with Crippen LogP contribution in [-0.4, -0.2) is 12.6 Å². The van der Waals surface area contributed by atoms with Crippen molar-refractivity contribution in [3.63, 3.8) is 0 Å². The highest BCUT2D eigenvalue weighted by atomic mass is 32.1. The molecule has 0 aliphatic carbocycles. The number of thiophene rings is 1. The Labute approximate surface area is 128 Å². The Bertz CT molecular complexity index is 630. The molecular weight excluding hydrogens is 284 g/mol. The Balaban J connectivity index is 2.17. The lowest BCUT2D eigenvalue weighted by atomic mass is 10.1. The second-order valence-corrected chi connectivity index (χ2v) is 6.17. The zero-order valence-electron chi connectivity index (χ0n) is 12.5. The fourth-order valence-electron chi connectivity index (χ4n) is 2.01. The highest BCUT2D eigenvalue weighted by molar-refractivity contribution is 7.12. The summed E-state index contributed by atoms with van der Waals surface area (Å²) >= 11 is 1.76. The molecule has 4 nitrogen and oxygen atoms in total. The van der Waals surface area contributed by atoms with Gasteiger partial charge in [0, 0.05) is 27.7 Å². The van der Waals surface area contributed by atoms with E-state index < -0.39 is 0 Å². The van der Waals surface area contributed by atoms with Crippen molar-refractivity contribution >= 4 is 28.7 Å². The third-order valence-corrected chi connectivity index (χ3v) is 4.36. The molecule has 0 fully saturated rings. The number of hydrogen-bond donors (Lipinski definition) is 2. The zero-order chi connectivity index (χ0) is 15.4. The zero-order valence-corrected chi connectivity index (χ0v) is 13.3. The first-order valence-electron chi connectivity index (χ1n) is 6.87. The van der Waals surface area contributed by atoms with E-state index in [1.165, 1.54) is 15.3 Å². The van der Waals surface area contributed by atoms with Gasteiger partial charge in [-0.25, -0.2) is 4.79 Å². The molecule has 0 aliphatic heterocycles. The van der Waals surface area contributed by atoms with Gasteiger partial charge in [0.25, 0.3) is 0 Å². The minimum Gasteiger partial charge on any atom is -0.462 e. The number of hydrogen-bond acceptors (Lipinski definition) is 5. The van der Waals surface area contributed by atoms with Gasteiger partial charge in [-0.1, -0.05) is 0 Å². The van der Waals surface area contributed by atoms with E-state index in [1.54, 1.807) is 30.4 Å². The quantitative estimate of drug-likeness (QED) is 0.652. The van der Waals surface area contributed by atoms with Crippen molar-refractivity contribution in [3.8, 4) is 0 Å². The van der Waals surface area contributed by atoms with Crippen molar-refractivity contribution in [2.75, 3.05) is 17.7 Å². The number of nitrogens with one attached hydrogen (secondary N) is 1. The molecule has 3 N–H and O–H groups in total. The van der Waals surface area contributed by atoms with E-state index in [2.05, 4.69) is 25.2 Å². The van der Waals surface area contributed by atoms with Gasteiger partial charge in [0.1, 0.15) is 0 Å². The lowest BCUT2D eigenvalue weighted by molar-refractivity contribution is 0.0527. The van der Waals surface area contributed by atoms with Crippen LogP contribution in [0.4, 0.5) is 11.4 Å². The number of nitrogen functional groups attached to an aromatic ring is 1. The molecule has 0 radical (unpaired) electrons. The first-order valence-corrected chi connectivity index (χ1v) is 7.69. The highest BCUT2D eigenvalue weighted by Crippen LogP contribution is 2.24. The molecule has 0 amide bonds. The molecule has 0 bridgehead atoms. The third-order valence-electron chi connectivity index (χ3n) is 3.21. The van der Waals surface area contributed by atoms with Gasteiger partial charge in [-0.3, -0.25) is 0 Å². The normalized spacial score (nSPS) is 10.4. The summed E-state index contributed by atoms with van der Waals surface area (Å²) < 4.78 is 5.07. The lowest BCUT2D eigenvalue weighted by Crippen LogP contribution is -2.10. The highest BCUT2D eigenvalue weighted by Gasteiger charge is 2.13. The number of esters is 1. The summed E-state index contributed by atoms with van der Waals surface area (Å²) in [6.07, 6.45) is 0. The van der Waals surface area contributed by atoms with Gasteiger partial charge in [-0.2, -0.15) is 0 Å². The van der Waals surface area contributed by atoms with E-state index in [9.17, 15) is 4.79 Å². The maximum atomic E-state index is 12.0. The summed E-state index contributed by atoms with van der Waals surface area (Å²) in [5, 5.41) is 3.29. The molecule has 0 aliphatic rings. The van der Waals surface area contributed by atoms with Crippen LogP contribution < -0.4 is 11.1 Å². The molecule has 112 valence electrons. The van der Waals surface area contributed by atoms with Crippen molar-refractivity contribution in [3.05, 3.63) is 45.1 Å². The summed E-state index contributed by atoms with van der Waals surface area (Å²) in [7, 11) is 0. The van der Waals surface area contributed by atoms with Gasteiger partial charge < -0.3 is 15.8 Å². The number of ether oxygens (including phenoxy) is 1. The minimum absolute atomic E-state index is 0.344. The van der Waals surface area contributed by atoms with Crippen LogP contribution in [0.3, 0.4) is 0 Å². The first kappa shape index (κ1) is 15.4. The van der Waals surface area contributed by atoms with Crippen molar-refractivity contribution in [1.29, 1.82) is 0 Å². The van der Waals surface area contributed by atoms with Crippen molar-refractivity contribution in [1.82, 2.24) is 0 Å². The molecular formula is C16H20N2O2S. The second-order valence-electron chi connectivity index (χ2n) is 4.83. The van der Waals surface area contributed by atoms with Crippen LogP contribution >= 0.6 is 11.3 Å². The van der Waals surface area contributed by atoms with E-state index in [4.69, 9.17) is 10.5 Å². The average molecular weight is 304 g/mol. The Morgan fingerprint density at radius 1 is 1.33 bits per heavy atom. The standard InChI is InChI=1S/C16H20N2O2S/c1-4-20-16(19)14-8-12(17)5-6-15(14)18-9-13-7-10(2)11(3)21-13/h5-8,18H,4,9,17H2,1-3H3. The number of rotatable bonds is 5. The molecule has 5 heteroatoms. The molecule has 0 atom stereocenters. The summed E-state index contributed by atoms with van der Waals surface area (Å²) in [6.45, 7) is 7.01. The Morgan fingerprint density at radius 3 is 2.71 bits per heavy atom. The molecule has 0 saturated carbocycles. The molecule has 1 heterocycles.